The molecule has 2 rings (SSSR count). The highest BCUT2D eigenvalue weighted by Gasteiger charge is 2.27. The van der Waals surface area contributed by atoms with Gasteiger partial charge in [0, 0.05) is 35.4 Å². The lowest BCUT2D eigenvalue weighted by Crippen LogP contribution is -2.41. The molecule has 1 N–H and O–H groups in total. The van der Waals surface area contributed by atoms with Crippen molar-refractivity contribution in [3.8, 4) is 0 Å². The van der Waals surface area contributed by atoms with Gasteiger partial charge in [0.15, 0.2) is 0 Å². The van der Waals surface area contributed by atoms with Crippen molar-refractivity contribution in [1.82, 2.24) is 9.62 Å². The van der Waals surface area contributed by atoms with Crippen LogP contribution in [-0.4, -0.2) is 55.1 Å². The fourth-order valence-corrected chi connectivity index (χ4v) is 4.83. The lowest BCUT2D eigenvalue weighted by Gasteiger charge is -2.25. The average Bonchev–Trinajstić information content (AvgIpc) is 2.46. The molecule has 5 nitrogen and oxygen atoms in total. The molecule has 7 heteroatoms. The maximum atomic E-state index is 12.4. The van der Waals surface area contributed by atoms with Gasteiger partial charge < -0.3 is 5.32 Å². The van der Waals surface area contributed by atoms with Crippen LogP contribution in [0.1, 0.15) is 5.56 Å². The summed E-state index contributed by atoms with van der Waals surface area (Å²) in [5.41, 5.74) is 1.11. The number of sulfonamides is 1. The largest absolute Gasteiger partial charge is 0.319 e. The molecule has 0 aliphatic carbocycles. The van der Waals surface area contributed by atoms with Crippen LogP contribution >= 0.6 is 0 Å². The summed E-state index contributed by atoms with van der Waals surface area (Å²) in [4.78, 5) is 0.318. The summed E-state index contributed by atoms with van der Waals surface area (Å²) in [7, 11) is -2.42. The SMILES string of the molecule is CNCCc1ccc(S(=O)(=O)N2CCS(=O)CC2)cc1. The zero-order valence-electron chi connectivity index (χ0n) is 11.5. The van der Waals surface area contributed by atoms with Gasteiger partial charge in [0.2, 0.25) is 10.0 Å². The first-order valence-corrected chi connectivity index (χ1v) is 9.55. The van der Waals surface area contributed by atoms with Crippen LogP contribution in [0.2, 0.25) is 0 Å². The van der Waals surface area contributed by atoms with Crippen molar-refractivity contribution in [2.45, 2.75) is 11.3 Å². The van der Waals surface area contributed by atoms with Gasteiger partial charge in [0.25, 0.3) is 0 Å². The summed E-state index contributed by atoms with van der Waals surface area (Å²) in [6.45, 7) is 1.55. The van der Waals surface area contributed by atoms with Gasteiger partial charge >= 0.3 is 0 Å². The molecule has 0 atom stereocenters. The Kier molecular flexibility index (Phi) is 5.31. The van der Waals surface area contributed by atoms with Crippen molar-refractivity contribution >= 4 is 20.8 Å². The van der Waals surface area contributed by atoms with Crippen molar-refractivity contribution in [3.05, 3.63) is 29.8 Å². The van der Waals surface area contributed by atoms with Crippen LogP contribution in [0.25, 0.3) is 0 Å². The number of nitrogens with zero attached hydrogens (tertiary/aromatic N) is 1. The number of hydrogen-bond donors (Lipinski definition) is 1. The Hall–Kier alpha value is -0.760. The van der Waals surface area contributed by atoms with Crippen molar-refractivity contribution < 1.29 is 12.6 Å². The van der Waals surface area contributed by atoms with Crippen LogP contribution in [0.15, 0.2) is 29.2 Å². The highest BCUT2D eigenvalue weighted by Crippen LogP contribution is 2.18. The Morgan fingerprint density at radius 3 is 2.35 bits per heavy atom. The summed E-state index contributed by atoms with van der Waals surface area (Å²) in [6.07, 6.45) is 0.875. The van der Waals surface area contributed by atoms with E-state index in [0.717, 1.165) is 18.5 Å². The van der Waals surface area contributed by atoms with Gasteiger partial charge in [-0.3, -0.25) is 4.21 Å². The third-order valence-electron chi connectivity index (χ3n) is 3.36. The molecule has 0 bridgehead atoms. The summed E-state index contributed by atoms with van der Waals surface area (Å²) >= 11 is 0. The molecule has 1 saturated heterocycles. The fraction of sp³-hybridized carbons (Fsp3) is 0.538. The minimum absolute atomic E-state index is 0.318. The van der Waals surface area contributed by atoms with E-state index in [4.69, 9.17) is 0 Å². The molecular formula is C13H20N2O3S2. The van der Waals surface area contributed by atoms with Crippen molar-refractivity contribution in [3.63, 3.8) is 0 Å². The lowest BCUT2D eigenvalue weighted by molar-refractivity contribution is 0.438. The van der Waals surface area contributed by atoms with Gasteiger partial charge in [0.05, 0.1) is 4.90 Å². The second-order valence-electron chi connectivity index (χ2n) is 4.75. The Morgan fingerprint density at radius 2 is 1.80 bits per heavy atom. The van der Waals surface area contributed by atoms with Gasteiger partial charge in [-0.05, 0) is 37.7 Å². The van der Waals surface area contributed by atoms with Crippen LogP contribution in [-0.2, 0) is 27.2 Å². The molecule has 1 aromatic carbocycles. The van der Waals surface area contributed by atoms with Gasteiger partial charge in [0.1, 0.15) is 0 Å². The quantitative estimate of drug-likeness (QED) is 0.843. The molecule has 1 heterocycles. The summed E-state index contributed by atoms with van der Waals surface area (Å²) < 4.78 is 37.6. The van der Waals surface area contributed by atoms with Gasteiger partial charge in [-0.1, -0.05) is 12.1 Å². The van der Waals surface area contributed by atoms with E-state index in [9.17, 15) is 12.6 Å². The van der Waals surface area contributed by atoms with Crippen molar-refractivity contribution in [2.75, 3.05) is 38.2 Å². The van der Waals surface area contributed by atoms with E-state index in [1.807, 2.05) is 19.2 Å². The van der Waals surface area contributed by atoms with Crippen LogP contribution < -0.4 is 5.32 Å². The van der Waals surface area contributed by atoms with E-state index in [2.05, 4.69) is 5.32 Å². The van der Waals surface area contributed by atoms with Crippen LogP contribution in [0, 0.1) is 0 Å². The van der Waals surface area contributed by atoms with Gasteiger partial charge in [-0.2, -0.15) is 4.31 Å². The predicted molar refractivity (Wildman–Crippen MR) is 80.7 cm³/mol. The van der Waals surface area contributed by atoms with E-state index in [0.29, 0.717) is 29.5 Å². The Labute approximate surface area is 122 Å². The summed E-state index contributed by atoms with van der Waals surface area (Å²) in [5, 5.41) is 3.06. The van der Waals surface area contributed by atoms with Crippen LogP contribution in [0.3, 0.4) is 0 Å². The Bertz CT molecular complexity index is 560. The smallest absolute Gasteiger partial charge is 0.243 e. The Balaban J connectivity index is 2.11. The van der Waals surface area contributed by atoms with Crippen molar-refractivity contribution in [1.29, 1.82) is 0 Å². The fourth-order valence-electron chi connectivity index (χ4n) is 2.11. The lowest BCUT2D eigenvalue weighted by atomic mass is 10.1. The first-order valence-electron chi connectivity index (χ1n) is 6.62. The normalized spacial score (nSPS) is 18.2. The van der Waals surface area contributed by atoms with E-state index >= 15 is 0 Å². The average molecular weight is 316 g/mol. The first-order chi connectivity index (χ1) is 9.54. The Morgan fingerprint density at radius 1 is 1.20 bits per heavy atom. The third kappa shape index (κ3) is 3.66. The second-order valence-corrected chi connectivity index (χ2v) is 8.38. The standard InChI is InChI=1S/C13H20N2O3S2/c1-14-7-6-12-2-4-13(5-3-12)20(17,18)15-8-10-19(16)11-9-15/h2-5,14H,6-11H2,1H3. The molecule has 0 spiro atoms. The first kappa shape index (κ1) is 15.6. The molecule has 1 aromatic rings. The minimum atomic E-state index is -3.44. The molecule has 0 saturated carbocycles. The summed E-state index contributed by atoms with van der Waals surface area (Å²) in [6, 6.07) is 7.02. The molecule has 112 valence electrons. The molecule has 0 unspecified atom stereocenters. The van der Waals surface area contributed by atoms with E-state index in [-0.39, 0.29) is 0 Å². The molecule has 1 aliphatic heterocycles. The van der Waals surface area contributed by atoms with Gasteiger partial charge in [-0.25, -0.2) is 8.42 Å². The molecule has 0 amide bonds. The zero-order chi connectivity index (χ0) is 14.6. The highest BCUT2D eigenvalue weighted by molar-refractivity contribution is 7.89. The highest BCUT2D eigenvalue weighted by atomic mass is 32.2. The maximum absolute atomic E-state index is 12.4. The molecule has 1 aliphatic rings. The number of likely N-dealkylation sites (N-methyl/N-ethyl adjacent to an activating group) is 1. The number of nitrogens with one attached hydrogen (secondary N) is 1. The molecule has 0 aromatic heterocycles. The van der Waals surface area contributed by atoms with Crippen LogP contribution in [0.5, 0.6) is 0 Å². The number of hydrogen-bond acceptors (Lipinski definition) is 4. The topological polar surface area (TPSA) is 66.5 Å². The summed E-state index contributed by atoms with van der Waals surface area (Å²) in [5.74, 6) is 0.860. The molecule has 0 radical (unpaired) electrons. The second kappa shape index (κ2) is 6.80. The van der Waals surface area contributed by atoms with Gasteiger partial charge in [-0.15, -0.1) is 0 Å². The van der Waals surface area contributed by atoms with Crippen LogP contribution in [0.4, 0.5) is 0 Å². The van der Waals surface area contributed by atoms with E-state index < -0.39 is 20.8 Å². The third-order valence-corrected chi connectivity index (χ3v) is 6.55. The monoisotopic (exact) mass is 316 g/mol. The zero-order valence-corrected chi connectivity index (χ0v) is 13.2. The maximum Gasteiger partial charge on any atom is 0.243 e. The van der Waals surface area contributed by atoms with Crippen molar-refractivity contribution in [2.24, 2.45) is 0 Å². The van der Waals surface area contributed by atoms with E-state index in [1.54, 1.807) is 12.1 Å². The molecular weight excluding hydrogens is 296 g/mol. The molecule has 1 fully saturated rings. The number of benzene rings is 1. The predicted octanol–water partition coefficient (Wildman–Crippen LogP) is 0.202. The molecule has 20 heavy (non-hydrogen) atoms. The number of rotatable bonds is 5. The van der Waals surface area contributed by atoms with E-state index in [1.165, 1.54) is 4.31 Å². The minimum Gasteiger partial charge on any atom is -0.319 e.